The lowest BCUT2D eigenvalue weighted by Gasteiger charge is -2.30. The van der Waals surface area contributed by atoms with Gasteiger partial charge >= 0.3 is 0 Å². The van der Waals surface area contributed by atoms with Crippen LogP contribution in [0.25, 0.3) is 0 Å². The third-order valence-electron chi connectivity index (χ3n) is 3.52. The monoisotopic (exact) mass is 222 g/mol. The number of halogens is 1. The third kappa shape index (κ3) is 1.78. The molecule has 2 fully saturated rings. The Morgan fingerprint density at radius 3 is 2.53 bits per heavy atom. The lowest BCUT2D eigenvalue weighted by Crippen LogP contribution is -2.41. The first-order chi connectivity index (χ1) is 7.33. The molecule has 0 unspecified atom stereocenters. The van der Waals surface area contributed by atoms with Crippen LogP contribution in [0.4, 0.5) is 0 Å². The minimum atomic E-state index is 0.584. The van der Waals surface area contributed by atoms with E-state index in [0.29, 0.717) is 12.1 Å². The molecular weight excluding hydrogens is 208 g/mol. The highest BCUT2D eigenvalue weighted by atomic mass is 35.5. The molecule has 0 aliphatic carbocycles. The van der Waals surface area contributed by atoms with Gasteiger partial charge in [0, 0.05) is 31.7 Å². The number of hydrogen-bond donors (Lipinski definition) is 0. The van der Waals surface area contributed by atoms with Crippen LogP contribution in [0.15, 0.2) is 30.3 Å². The summed E-state index contributed by atoms with van der Waals surface area (Å²) >= 11 is 6.08. The van der Waals surface area contributed by atoms with Gasteiger partial charge in [-0.05, 0) is 23.8 Å². The molecule has 1 aromatic carbocycles. The normalized spacial score (nSPS) is 31.3. The number of likely N-dealkylation sites (tertiary alicyclic amines) is 1. The summed E-state index contributed by atoms with van der Waals surface area (Å²) in [5.74, 6) is 0. The topological polar surface area (TPSA) is 6.48 Å². The van der Waals surface area contributed by atoms with Gasteiger partial charge in [0.1, 0.15) is 0 Å². The summed E-state index contributed by atoms with van der Waals surface area (Å²) < 4.78 is 1.98. The maximum Gasteiger partial charge on any atom is 0.0395 e. The lowest BCUT2D eigenvalue weighted by molar-refractivity contribution is 0.177. The molecule has 3 rings (SSSR count). The molecule has 3 heteroatoms. The van der Waals surface area contributed by atoms with Crippen molar-refractivity contribution in [3.05, 3.63) is 35.9 Å². The molecule has 2 heterocycles. The van der Waals surface area contributed by atoms with Crippen molar-refractivity contribution in [1.29, 1.82) is 0 Å². The summed E-state index contributed by atoms with van der Waals surface area (Å²) in [5, 5.41) is 0. The van der Waals surface area contributed by atoms with Crippen molar-refractivity contribution in [2.45, 2.75) is 25.0 Å². The molecule has 2 saturated heterocycles. The Bertz CT molecular complexity index is 339. The van der Waals surface area contributed by atoms with E-state index in [-0.39, 0.29) is 0 Å². The zero-order chi connectivity index (χ0) is 10.3. The van der Waals surface area contributed by atoms with Crippen LogP contribution in [0.5, 0.6) is 0 Å². The van der Waals surface area contributed by atoms with Crippen molar-refractivity contribution in [2.75, 3.05) is 13.1 Å². The largest absolute Gasteiger partial charge is 0.293 e. The fraction of sp³-hybridized carbons (Fsp3) is 0.500. The van der Waals surface area contributed by atoms with Crippen molar-refractivity contribution >= 4 is 11.8 Å². The molecule has 2 aliphatic heterocycles. The zero-order valence-electron chi connectivity index (χ0n) is 8.64. The van der Waals surface area contributed by atoms with Crippen LogP contribution in [0.2, 0.25) is 0 Å². The SMILES string of the molecule is ClN1C[C@H]2C[C@@H]1CN2Cc1ccccc1. The van der Waals surface area contributed by atoms with Crippen LogP contribution in [-0.2, 0) is 6.54 Å². The molecule has 2 nitrogen and oxygen atoms in total. The predicted octanol–water partition coefficient (Wildman–Crippen LogP) is 2.10. The second-order valence-electron chi connectivity index (χ2n) is 4.54. The molecule has 2 bridgehead atoms. The van der Waals surface area contributed by atoms with Crippen molar-refractivity contribution in [3.8, 4) is 0 Å². The average Bonchev–Trinajstić information content (AvgIpc) is 2.78. The molecule has 1 aromatic rings. The lowest BCUT2D eigenvalue weighted by atomic mass is 10.2. The fourth-order valence-electron chi connectivity index (χ4n) is 2.71. The number of fused-ring (bicyclic) bond motifs is 2. The van der Waals surface area contributed by atoms with Crippen LogP contribution in [0.1, 0.15) is 12.0 Å². The van der Waals surface area contributed by atoms with E-state index < -0.39 is 0 Å². The highest BCUT2D eigenvalue weighted by molar-refractivity contribution is 6.13. The fourth-order valence-corrected chi connectivity index (χ4v) is 3.01. The summed E-state index contributed by atoms with van der Waals surface area (Å²) in [7, 11) is 0. The molecule has 2 aliphatic rings. The molecule has 80 valence electrons. The van der Waals surface area contributed by atoms with Gasteiger partial charge in [-0.15, -0.1) is 0 Å². The Balaban J connectivity index is 1.67. The van der Waals surface area contributed by atoms with E-state index >= 15 is 0 Å². The zero-order valence-corrected chi connectivity index (χ0v) is 9.40. The van der Waals surface area contributed by atoms with Crippen LogP contribution >= 0.6 is 11.8 Å². The highest BCUT2D eigenvalue weighted by Gasteiger charge is 2.42. The minimum absolute atomic E-state index is 0.584. The van der Waals surface area contributed by atoms with Gasteiger partial charge in [-0.3, -0.25) is 4.90 Å². The van der Waals surface area contributed by atoms with Crippen LogP contribution < -0.4 is 0 Å². The van der Waals surface area contributed by atoms with Gasteiger partial charge in [0.15, 0.2) is 0 Å². The molecule has 0 spiro atoms. The van der Waals surface area contributed by atoms with Crippen LogP contribution in [0, 0.1) is 0 Å². The van der Waals surface area contributed by atoms with Gasteiger partial charge in [-0.25, -0.2) is 4.42 Å². The van der Waals surface area contributed by atoms with E-state index in [1.54, 1.807) is 0 Å². The number of hydrogen-bond acceptors (Lipinski definition) is 2. The van der Waals surface area contributed by atoms with Crippen molar-refractivity contribution in [1.82, 2.24) is 9.32 Å². The Labute approximate surface area is 95.5 Å². The van der Waals surface area contributed by atoms with Gasteiger partial charge in [0.05, 0.1) is 0 Å². The number of nitrogens with zero attached hydrogens (tertiary/aromatic N) is 2. The van der Waals surface area contributed by atoms with E-state index in [4.69, 9.17) is 11.8 Å². The molecule has 0 aromatic heterocycles. The Morgan fingerprint density at radius 1 is 1.13 bits per heavy atom. The Hall–Kier alpha value is -0.570. The summed E-state index contributed by atoms with van der Waals surface area (Å²) in [5.41, 5.74) is 1.41. The third-order valence-corrected chi connectivity index (χ3v) is 3.93. The maximum absolute atomic E-state index is 6.08. The predicted molar refractivity (Wildman–Crippen MR) is 61.6 cm³/mol. The van der Waals surface area contributed by atoms with Crippen molar-refractivity contribution < 1.29 is 0 Å². The summed E-state index contributed by atoms with van der Waals surface area (Å²) in [6.45, 7) is 3.23. The smallest absolute Gasteiger partial charge is 0.0395 e. The van der Waals surface area contributed by atoms with Gasteiger partial charge in [-0.2, -0.15) is 0 Å². The van der Waals surface area contributed by atoms with E-state index in [1.165, 1.54) is 12.0 Å². The number of rotatable bonds is 2. The molecule has 15 heavy (non-hydrogen) atoms. The summed E-state index contributed by atoms with van der Waals surface area (Å²) in [6, 6.07) is 11.9. The highest BCUT2D eigenvalue weighted by Crippen LogP contribution is 2.32. The van der Waals surface area contributed by atoms with E-state index in [1.807, 2.05) is 4.42 Å². The standard InChI is InChI=1S/C12H15ClN2/c13-15-9-11-6-12(15)8-14(11)7-10-4-2-1-3-5-10/h1-5,11-12H,6-9H2/t11-,12-/m1/s1. The first-order valence-corrected chi connectivity index (χ1v) is 5.87. The summed E-state index contributed by atoms with van der Waals surface area (Å²) in [6.07, 6.45) is 1.25. The minimum Gasteiger partial charge on any atom is -0.293 e. The molecular formula is C12H15ClN2. The van der Waals surface area contributed by atoms with E-state index in [9.17, 15) is 0 Å². The van der Waals surface area contributed by atoms with E-state index in [2.05, 4.69) is 35.2 Å². The second-order valence-corrected chi connectivity index (χ2v) is 4.97. The average molecular weight is 223 g/mol. The van der Waals surface area contributed by atoms with Crippen LogP contribution in [-0.4, -0.2) is 34.5 Å². The van der Waals surface area contributed by atoms with Gasteiger partial charge in [-0.1, -0.05) is 30.3 Å². The first-order valence-electron chi connectivity index (χ1n) is 5.53. The maximum atomic E-state index is 6.08. The van der Waals surface area contributed by atoms with Crippen molar-refractivity contribution in [3.63, 3.8) is 0 Å². The van der Waals surface area contributed by atoms with E-state index in [0.717, 1.165) is 19.6 Å². The number of piperazine rings is 1. The Morgan fingerprint density at radius 2 is 1.93 bits per heavy atom. The Kier molecular flexibility index (Phi) is 2.43. The van der Waals surface area contributed by atoms with Gasteiger partial charge < -0.3 is 0 Å². The molecule has 2 atom stereocenters. The molecule has 0 amide bonds. The number of benzene rings is 1. The van der Waals surface area contributed by atoms with Gasteiger partial charge in [0.25, 0.3) is 0 Å². The van der Waals surface area contributed by atoms with Crippen LogP contribution in [0.3, 0.4) is 0 Å². The van der Waals surface area contributed by atoms with Crippen molar-refractivity contribution in [2.24, 2.45) is 0 Å². The summed E-state index contributed by atoms with van der Waals surface area (Å²) in [4.78, 5) is 2.55. The molecule has 0 radical (unpaired) electrons. The molecule has 0 N–H and O–H groups in total. The second kappa shape index (κ2) is 3.78. The molecule has 0 saturated carbocycles. The van der Waals surface area contributed by atoms with Gasteiger partial charge in [0.2, 0.25) is 0 Å². The first kappa shape index (κ1) is 9.64. The quantitative estimate of drug-likeness (QED) is 0.708.